The summed E-state index contributed by atoms with van der Waals surface area (Å²) >= 11 is 0. The lowest BCUT2D eigenvalue weighted by molar-refractivity contribution is 0.898. The van der Waals surface area contributed by atoms with Gasteiger partial charge in [0.1, 0.15) is 5.52 Å². The fourth-order valence-electron chi connectivity index (χ4n) is 2.37. The lowest BCUT2D eigenvalue weighted by Crippen LogP contribution is -2.19. The first kappa shape index (κ1) is 13.4. The van der Waals surface area contributed by atoms with Crippen molar-refractivity contribution in [2.24, 2.45) is 0 Å². The number of hydrogen-bond acceptors (Lipinski definition) is 5. The quantitative estimate of drug-likeness (QED) is 0.768. The first-order valence-electron chi connectivity index (χ1n) is 6.83. The van der Waals surface area contributed by atoms with Gasteiger partial charge in [-0.25, -0.2) is 4.98 Å². The summed E-state index contributed by atoms with van der Waals surface area (Å²) in [5.74, 6) is 1.41. The van der Waals surface area contributed by atoms with Crippen molar-refractivity contribution in [3.63, 3.8) is 0 Å². The number of nitrogens with one attached hydrogen (secondary N) is 2. The highest BCUT2D eigenvalue weighted by Crippen LogP contribution is 2.23. The molecule has 0 amide bonds. The van der Waals surface area contributed by atoms with Gasteiger partial charge in [0.25, 0.3) is 0 Å². The van der Waals surface area contributed by atoms with Crippen LogP contribution in [0.15, 0.2) is 30.6 Å². The minimum atomic E-state index is 0.570. The first-order chi connectivity index (χ1) is 10.2. The van der Waals surface area contributed by atoms with Crippen molar-refractivity contribution in [1.29, 1.82) is 0 Å². The number of aromatic amines is 1. The number of fused-ring (bicyclic) bond motifs is 1. The molecule has 0 saturated heterocycles. The molecule has 0 atom stereocenters. The van der Waals surface area contributed by atoms with Crippen molar-refractivity contribution in [1.82, 2.24) is 19.9 Å². The van der Waals surface area contributed by atoms with E-state index in [4.69, 9.17) is 0 Å². The summed E-state index contributed by atoms with van der Waals surface area (Å²) in [6.45, 7) is 2.87. The predicted octanol–water partition coefficient (Wildman–Crippen LogP) is 2.34. The molecule has 3 rings (SSSR count). The molecule has 6 heteroatoms. The van der Waals surface area contributed by atoms with Crippen molar-refractivity contribution >= 4 is 22.9 Å². The Morgan fingerprint density at radius 2 is 2.14 bits per heavy atom. The highest BCUT2D eigenvalue weighted by atomic mass is 15.2. The van der Waals surface area contributed by atoms with Crippen molar-refractivity contribution in [3.05, 3.63) is 41.7 Å². The molecule has 0 aliphatic rings. The molecular formula is C15H18N6. The standard InChI is InChI=1S/C15H18N6/c1-10-5-4-6-11(7-10)8-21(3)14-12-13(18-9-17-12)19-15(16-2)20-14/h4-7,9H,8H2,1-3H3,(H2,16,17,18,19,20). The number of rotatable bonds is 4. The lowest BCUT2D eigenvalue weighted by Gasteiger charge is -2.19. The molecule has 0 spiro atoms. The maximum absolute atomic E-state index is 4.54. The van der Waals surface area contributed by atoms with Crippen LogP contribution in [0.3, 0.4) is 0 Å². The van der Waals surface area contributed by atoms with Crippen LogP contribution in [0.5, 0.6) is 0 Å². The van der Waals surface area contributed by atoms with Gasteiger partial charge in [-0.2, -0.15) is 9.97 Å². The van der Waals surface area contributed by atoms with E-state index in [2.05, 4.69) is 61.3 Å². The van der Waals surface area contributed by atoms with Gasteiger partial charge >= 0.3 is 0 Å². The Labute approximate surface area is 123 Å². The molecule has 2 aromatic heterocycles. The molecule has 21 heavy (non-hydrogen) atoms. The molecule has 108 valence electrons. The van der Waals surface area contributed by atoms with Gasteiger partial charge in [0, 0.05) is 20.6 Å². The fraction of sp³-hybridized carbons (Fsp3) is 0.267. The van der Waals surface area contributed by atoms with E-state index in [0.717, 1.165) is 17.9 Å². The largest absolute Gasteiger partial charge is 0.357 e. The smallest absolute Gasteiger partial charge is 0.226 e. The van der Waals surface area contributed by atoms with Crippen molar-refractivity contribution in [3.8, 4) is 0 Å². The summed E-state index contributed by atoms with van der Waals surface area (Å²) in [5.41, 5.74) is 4.02. The van der Waals surface area contributed by atoms with Gasteiger partial charge in [-0.05, 0) is 12.5 Å². The monoisotopic (exact) mass is 282 g/mol. The van der Waals surface area contributed by atoms with E-state index in [1.807, 2.05) is 7.05 Å². The predicted molar refractivity (Wildman–Crippen MR) is 84.5 cm³/mol. The minimum Gasteiger partial charge on any atom is -0.357 e. The Kier molecular flexibility index (Phi) is 3.43. The molecule has 0 aliphatic heterocycles. The first-order valence-corrected chi connectivity index (χ1v) is 6.83. The van der Waals surface area contributed by atoms with E-state index in [1.165, 1.54) is 11.1 Å². The summed E-state index contributed by atoms with van der Waals surface area (Å²) in [6.07, 6.45) is 1.64. The lowest BCUT2D eigenvalue weighted by atomic mass is 10.1. The van der Waals surface area contributed by atoms with Crippen LogP contribution in [-0.2, 0) is 6.54 Å². The SMILES string of the molecule is CNc1nc(N(C)Cc2cccc(C)c2)c2[nH]cnc2n1. The summed E-state index contributed by atoms with van der Waals surface area (Å²) in [5, 5.41) is 2.97. The Balaban J connectivity index is 1.97. The molecule has 6 nitrogen and oxygen atoms in total. The highest BCUT2D eigenvalue weighted by Gasteiger charge is 2.13. The summed E-state index contributed by atoms with van der Waals surface area (Å²) in [7, 11) is 3.82. The average molecular weight is 282 g/mol. The van der Waals surface area contributed by atoms with Gasteiger partial charge in [0.2, 0.25) is 5.95 Å². The molecule has 0 radical (unpaired) electrons. The van der Waals surface area contributed by atoms with Crippen LogP contribution in [-0.4, -0.2) is 34.0 Å². The van der Waals surface area contributed by atoms with Crippen LogP contribution >= 0.6 is 0 Å². The Bertz CT molecular complexity index is 764. The van der Waals surface area contributed by atoms with Crippen molar-refractivity contribution < 1.29 is 0 Å². The molecule has 0 aliphatic carbocycles. The maximum atomic E-state index is 4.54. The second kappa shape index (κ2) is 5.40. The summed E-state index contributed by atoms with van der Waals surface area (Å²) in [6, 6.07) is 8.47. The molecule has 0 unspecified atom stereocenters. The van der Waals surface area contributed by atoms with E-state index in [1.54, 1.807) is 13.4 Å². The van der Waals surface area contributed by atoms with E-state index in [9.17, 15) is 0 Å². The number of imidazole rings is 1. The van der Waals surface area contributed by atoms with Crippen LogP contribution < -0.4 is 10.2 Å². The number of benzene rings is 1. The molecule has 0 fully saturated rings. The van der Waals surface area contributed by atoms with E-state index < -0.39 is 0 Å². The van der Waals surface area contributed by atoms with Crippen LogP contribution in [0.25, 0.3) is 11.2 Å². The molecule has 0 bridgehead atoms. The Hall–Kier alpha value is -2.63. The average Bonchev–Trinajstić information content (AvgIpc) is 2.94. The second-order valence-corrected chi connectivity index (χ2v) is 5.07. The molecular weight excluding hydrogens is 264 g/mol. The van der Waals surface area contributed by atoms with E-state index in [0.29, 0.717) is 11.6 Å². The fourth-order valence-corrected chi connectivity index (χ4v) is 2.37. The normalized spacial score (nSPS) is 10.8. The van der Waals surface area contributed by atoms with Gasteiger partial charge in [0.05, 0.1) is 6.33 Å². The highest BCUT2D eigenvalue weighted by molar-refractivity contribution is 5.84. The molecule has 0 saturated carbocycles. The minimum absolute atomic E-state index is 0.570. The zero-order valence-electron chi connectivity index (χ0n) is 12.4. The number of nitrogens with zero attached hydrogens (tertiary/aromatic N) is 4. The van der Waals surface area contributed by atoms with Crippen LogP contribution in [0, 0.1) is 6.92 Å². The van der Waals surface area contributed by atoms with Crippen LogP contribution in [0.4, 0.5) is 11.8 Å². The van der Waals surface area contributed by atoms with E-state index >= 15 is 0 Å². The van der Waals surface area contributed by atoms with Gasteiger partial charge in [-0.1, -0.05) is 29.8 Å². The third-order valence-electron chi connectivity index (χ3n) is 3.35. The van der Waals surface area contributed by atoms with Crippen LogP contribution in [0.1, 0.15) is 11.1 Å². The number of anilines is 2. The molecule has 1 aromatic carbocycles. The zero-order valence-corrected chi connectivity index (χ0v) is 12.4. The Morgan fingerprint density at radius 1 is 1.29 bits per heavy atom. The summed E-state index contributed by atoms with van der Waals surface area (Å²) < 4.78 is 0. The maximum Gasteiger partial charge on any atom is 0.226 e. The van der Waals surface area contributed by atoms with Gasteiger partial charge in [-0.3, -0.25) is 0 Å². The molecule has 3 aromatic rings. The summed E-state index contributed by atoms with van der Waals surface area (Å²) in [4.78, 5) is 18.3. The Morgan fingerprint density at radius 3 is 2.90 bits per heavy atom. The van der Waals surface area contributed by atoms with Gasteiger partial charge < -0.3 is 15.2 Å². The van der Waals surface area contributed by atoms with Gasteiger partial charge in [0.15, 0.2) is 11.5 Å². The van der Waals surface area contributed by atoms with Crippen LogP contribution in [0.2, 0.25) is 0 Å². The third kappa shape index (κ3) is 2.65. The van der Waals surface area contributed by atoms with Crippen molar-refractivity contribution in [2.75, 3.05) is 24.3 Å². The van der Waals surface area contributed by atoms with Crippen molar-refractivity contribution in [2.45, 2.75) is 13.5 Å². The zero-order chi connectivity index (χ0) is 14.8. The topological polar surface area (TPSA) is 69.7 Å². The molecule has 2 N–H and O–H groups in total. The number of aromatic nitrogens is 4. The number of hydrogen-bond donors (Lipinski definition) is 2. The third-order valence-corrected chi connectivity index (χ3v) is 3.35. The second-order valence-electron chi connectivity index (χ2n) is 5.07. The molecule has 2 heterocycles. The van der Waals surface area contributed by atoms with Gasteiger partial charge in [-0.15, -0.1) is 0 Å². The number of H-pyrrole nitrogens is 1. The number of aryl methyl sites for hydroxylation is 1. The van der Waals surface area contributed by atoms with E-state index in [-0.39, 0.29) is 0 Å².